The second-order valence-electron chi connectivity index (χ2n) is 3.92. The molecule has 1 atom stereocenters. The SMILES string of the molecule is Cn1nncc1C(Cc1cccc(F)c1F)NN. The molecule has 0 aliphatic heterocycles. The number of hydrogen-bond acceptors (Lipinski definition) is 4. The van der Waals surface area contributed by atoms with Gasteiger partial charge in [-0.2, -0.15) is 0 Å². The van der Waals surface area contributed by atoms with Gasteiger partial charge in [0.15, 0.2) is 11.6 Å². The van der Waals surface area contributed by atoms with E-state index in [4.69, 9.17) is 5.84 Å². The molecule has 0 amide bonds. The number of nitrogens with one attached hydrogen (secondary N) is 1. The van der Waals surface area contributed by atoms with Gasteiger partial charge in [0, 0.05) is 7.05 Å². The highest BCUT2D eigenvalue weighted by molar-refractivity contribution is 5.21. The molecule has 2 aromatic rings. The third-order valence-corrected chi connectivity index (χ3v) is 2.76. The highest BCUT2D eigenvalue weighted by atomic mass is 19.2. The van der Waals surface area contributed by atoms with Crippen LogP contribution in [0.4, 0.5) is 8.78 Å². The first-order chi connectivity index (χ1) is 8.63. The molecule has 3 N–H and O–H groups in total. The van der Waals surface area contributed by atoms with Crippen LogP contribution in [0.3, 0.4) is 0 Å². The zero-order valence-corrected chi connectivity index (χ0v) is 9.77. The molecular weight excluding hydrogens is 240 g/mol. The molecular formula is C11H13F2N5. The average Bonchev–Trinajstić information content (AvgIpc) is 2.77. The summed E-state index contributed by atoms with van der Waals surface area (Å²) in [4.78, 5) is 0. The molecule has 0 aliphatic rings. The average molecular weight is 253 g/mol. The van der Waals surface area contributed by atoms with Crippen molar-refractivity contribution in [3.05, 3.63) is 47.3 Å². The molecule has 5 nitrogen and oxygen atoms in total. The van der Waals surface area contributed by atoms with Crippen LogP contribution in [-0.4, -0.2) is 15.0 Å². The molecule has 1 aromatic heterocycles. The molecule has 0 fully saturated rings. The van der Waals surface area contributed by atoms with Crippen molar-refractivity contribution >= 4 is 0 Å². The van der Waals surface area contributed by atoms with Gasteiger partial charge in [0.05, 0.1) is 17.9 Å². The smallest absolute Gasteiger partial charge is 0.162 e. The zero-order valence-electron chi connectivity index (χ0n) is 9.77. The zero-order chi connectivity index (χ0) is 13.1. The van der Waals surface area contributed by atoms with Gasteiger partial charge in [0.25, 0.3) is 0 Å². The lowest BCUT2D eigenvalue weighted by Gasteiger charge is -2.16. The third kappa shape index (κ3) is 2.36. The number of nitrogens with two attached hydrogens (primary N) is 1. The maximum absolute atomic E-state index is 13.6. The molecule has 1 aromatic carbocycles. The van der Waals surface area contributed by atoms with Gasteiger partial charge in [-0.3, -0.25) is 16.0 Å². The van der Waals surface area contributed by atoms with E-state index in [1.165, 1.54) is 23.0 Å². The van der Waals surface area contributed by atoms with Crippen LogP contribution in [-0.2, 0) is 13.5 Å². The summed E-state index contributed by atoms with van der Waals surface area (Å²) in [5.74, 6) is 3.71. The second kappa shape index (κ2) is 5.19. The first kappa shape index (κ1) is 12.6. The fourth-order valence-electron chi connectivity index (χ4n) is 1.79. The summed E-state index contributed by atoms with van der Waals surface area (Å²) >= 11 is 0. The lowest BCUT2D eigenvalue weighted by Crippen LogP contribution is -2.31. The summed E-state index contributed by atoms with van der Waals surface area (Å²) in [6.07, 6.45) is 1.74. The van der Waals surface area contributed by atoms with E-state index in [2.05, 4.69) is 15.7 Å². The lowest BCUT2D eigenvalue weighted by molar-refractivity contribution is 0.469. The Kier molecular flexibility index (Phi) is 3.63. The van der Waals surface area contributed by atoms with E-state index in [0.29, 0.717) is 5.69 Å². The van der Waals surface area contributed by atoms with Crippen molar-refractivity contribution in [1.82, 2.24) is 20.4 Å². The summed E-state index contributed by atoms with van der Waals surface area (Å²) in [7, 11) is 1.70. The Morgan fingerprint density at radius 1 is 1.44 bits per heavy atom. The fourth-order valence-corrected chi connectivity index (χ4v) is 1.79. The van der Waals surface area contributed by atoms with Crippen LogP contribution in [0.25, 0.3) is 0 Å². The minimum Gasteiger partial charge on any atom is -0.271 e. The Bertz CT molecular complexity index is 540. The summed E-state index contributed by atoms with van der Waals surface area (Å²) in [5.41, 5.74) is 3.50. The number of rotatable bonds is 4. The van der Waals surface area contributed by atoms with E-state index in [1.807, 2.05) is 0 Å². The Labute approximate surface area is 103 Å². The second-order valence-corrected chi connectivity index (χ2v) is 3.92. The molecule has 0 saturated carbocycles. The van der Waals surface area contributed by atoms with Crippen molar-refractivity contribution in [3.8, 4) is 0 Å². The lowest BCUT2D eigenvalue weighted by atomic mass is 10.0. The molecule has 0 aliphatic carbocycles. The largest absolute Gasteiger partial charge is 0.271 e. The molecule has 0 saturated heterocycles. The summed E-state index contributed by atoms with van der Waals surface area (Å²) < 4.78 is 28.2. The number of aryl methyl sites for hydroxylation is 1. The summed E-state index contributed by atoms with van der Waals surface area (Å²) in [5, 5.41) is 7.49. The minimum atomic E-state index is -0.869. The minimum absolute atomic E-state index is 0.210. The van der Waals surface area contributed by atoms with Crippen LogP contribution < -0.4 is 11.3 Å². The molecule has 0 bridgehead atoms. The van der Waals surface area contributed by atoms with E-state index in [1.54, 1.807) is 7.05 Å². The predicted octanol–water partition coefficient (Wildman–Crippen LogP) is 0.840. The quantitative estimate of drug-likeness (QED) is 0.626. The van der Waals surface area contributed by atoms with Crippen LogP contribution in [0.15, 0.2) is 24.4 Å². The Hall–Kier alpha value is -1.86. The molecule has 96 valence electrons. The number of halogens is 2. The van der Waals surface area contributed by atoms with Crippen LogP contribution in [0, 0.1) is 11.6 Å². The van der Waals surface area contributed by atoms with Crippen LogP contribution in [0.5, 0.6) is 0 Å². The highest BCUT2D eigenvalue weighted by Crippen LogP contribution is 2.19. The first-order valence-corrected chi connectivity index (χ1v) is 5.37. The van der Waals surface area contributed by atoms with Crippen molar-refractivity contribution < 1.29 is 8.78 Å². The first-order valence-electron chi connectivity index (χ1n) is 5.37. The van der Waals surface area contributed by atoms with E-state index >= 15 is 0 Å². The van der Waals surface area contributed by atoms with Crippen molar-refractivity contribution in [2.24, 2.45) is 12.9 Å². The normalized spacial score (nSPS) is 12.7. The van der Waals surface area contributed by atoms with Gasteiger partial charge in [-0.15, -0.1) is 5.10 Å². The Balaban J connectivity index is 2.26. The van der Waals surface area contributed by atoms with Gasteiger partial charge in [-0.1, -0.05) is 17.3 Å². The molecule has 1 unspecified atom stereocenters. The Morgan fingerprint density at radius 2 is 2.22 bits per heavy atom. The van der Waals surface area contributed by atoms with Gasteiger partial charge < -0.3 is 0 Å². The fraction of sp³-hybridized carbons (Fsp3) is 0.273. The van der Waals surface area contributed by atoms with Crippen LogP contribution >= 0.6 is 0 Å². The number of hydrazine groups is 1. The van der Waals surface area contributed by atoms with Gasteiger partial charge in [-0.25, -0.2) is 8.78 Å². The van der Waals surface area contributed by atoms with Crippen molar-refractivity contribution in [2.45, 2.75) is 12.5 Å². The summed E-state index contributed by atoms with van der Waals surface area (Å²) in [6, 6.07) is 3.67. The maximum Gasteiger partial charge on any atom is 0.162 e. The van der Waals surface area contributed by atoms with Crippen LogP contribution in [0.1, 0.15) is 17.3 Å². The van der Waals surface area contributed by atoms with E-state index in [-0.39, 0.29) is 18.0 Å². The van der Waals surface area contributed by atoms with E-state index < -0.39 is 11.6 Å². The van der Waals surface area contributed by atoms with Gasteiger partial charge >= 0.3 is 0 Å². The van der Waals surface area contributed by atoms with Crippen LogP contribution in [0.2, 0.25) is 0 Å². The van der Waals surface area contributed by atoms with Crippen molar-refractivity contribution in [3.63, 3.8) is 0 Å². The molecule has 2 rings (SSSR count). The van der Waals surface area contributed by atoms with E-state index in [9.17, 15) is 8.78 Å². The highest BCUT2D eigenvalue weighted by Gasteiger charge is 2.18. The molecule has 0 spiro atoms. The number of benzene rings is 1. The van der Waals surface area contributed by atoms with E-state index in [0.717, 1.165) is 6.07 Å². The molecule has 18 heavy (non-hydrogen) atoms. The predicted molar refractivity (Wildman–Crippen MR) is 61.1 cm³/mol. The van der Waals surface area contributed by atoms with Crippen molar-refractivity contribution in [2.75, 3.05) is 0 Å². The van der Waals surface area contributed by atoms with Crippen molar-refractivity contribution in [1.29, 1.82) is 0 Å². The molecule has 1 heterocycles. The van der Waals surface area contributed by atoms with Gasteiger partial charge in [0.1, 0.15) is 0 Å². The number of nitrogens with zero attached hydrogens (tertiary/aromatic N) is 3. The third-order valence-electron chi connectivity index (χ3n) is 2.76. The number of aromatic nitrogens is 3. The topological polar surface area (TPSA) is 68.8 Å². The Morgan fingerprint density at radius 3 is 2.83 bits per heavy atom. The standard InChI is InChI=1S/C11H13F2N5/c1-18-10(6-15-17-18)9(16-14)5-7-3-2-4-8(12)11(7)13/h2-4,6,9,16H,5,14H2,1H3. The maximum atomic E-state index is 13.6. The van der Waals surface area contributed by atoms with Gasteiger partial charge in [0.2, 0.25) is 0 Å². The van der Waals surface area contributed by atoms with Gasteiger partial charge in [-0.05, 0) is 18.1 Å². The molecule has 0 radical (unpaired) electrons. The number of hydrogen-bond donors (Lipinski definition) is 2. The molecule has 7 heteroatoms. The summed E-state index contributed by atoms with van der Waals surface area (Å²) in [6.45, 7) is 0. The monoisotopic (exact) mass is 253 g/mol.